The average Bonchev–Trinajstić information content (AvgIpc) is 2.85. The average molecular weight is 339 g/mol. The third-order valence-corrected chi connectivity index (χ3v) is 7.63. The first kappa shape index (κ1) is 15.9. The van der Waals surface area contributed by atoms with Crippen LogP contribution in [0.2, 0.25) is 0 Å². The van der Waals surface area contributed by atoms with Gasteiger partial charge in [-0.05, 0) is 36.8 Å². The van der Waals surface area contributed by atoms with Crippen LogP contribution in [0.25, 0.3) is 0 Å². The maximum Gasteiger partial charge on any atom is 0.230 e. The number of carbonyl (C=O) groups is 1. The van der Waals surface area contributed by atoms with Gasteiger partial charge < -0.3 is 5.32 Å². The Kier molecular flexibility index (Phi) is 4.78. The van der Waals surface area contributed by atoms with Crippen molar-refractivity contribution in [2.75, 3.05) is 17.3 Å². The van der Waals surface area contributed by atoms with Crippen LogP contribution in [0.4, 0.5) is 0 Å². The van der Waals surface area contributed by atoms with Gasteiger partial charge in [0, 0.05) is 5.25 Å². The number of thioether (sulfide) groups is 1. The molecular formula is C16H21NO3S2. The molecule has 1 aliphatic carbocycles. The monoisotopic (exact) mass is 339 g/mol. The second-order valence-corrected chi connectivity index (χ2v) is 9.56. The number of benzene rings is 1. The van der Waals surface area contributed by atoms with Gasteiger partial charge in [0.05, 0.1) is 23.3 Å². The van der Waals surface area contributed by atoms with Crippen molar-refractivity contribution >= 4 is 27.5 Å². The number of carbonyl (C=O) groups excluding carboxylic acids is 1. The van der Waals surface area contributed by atoms with Crippen LogP contribution in [0, 0.1) is 0 Å². The molecule has 0 unspecified atom stereocenters. The van der Waals surface area contributed by atoms with E-state index in [4.69, 9.17) is 0 Å². The van der Waals surface area contributed by atoms with E-state index in [-0.39, 0.29) is 28.7 Å². The molecule has 2 atom stereocenters. The zero-order chi connectivity index (χ0) is 15.6. The summed E-state index contributed by atoms with van der Waals surface area (Å²) >= 11 is 1.47. The number of hydrogen-bond donors (Lipinski definition) is 1. The van der Waals surface area contributed by atoms with Gasteiger partial charge in [-0.25, -0.2) is 8.42 Å². The highest BCUT2D eigenvalue weighted by Crippen LogP contribution is 2.30. The van der Waals surface area contributed by atoms with Gasteiger partial charge in [0.25, 0.3) is 0 Å². The van der Waals surface area contributed by atoms with E-state index < -0.39 is 9.84 Å². The predicted octanol–water partition coefficient (Wildman–Crippen LogP) is 2.10. The molecule has 3 rings (SSSR count). The molecule has 0 saturated carbocycles. The fraction of sp³-hybridized carbons (Fsp3) is 0.562. The van der Waals surface area contributed by atoms with E-state index in [2.05, 4.69) is 17.4 Å². The van der Waals surface area contributed by atoms with Gasteiger partial charge in [0.1, 0.15) is 0 Å². The minimum absolute atomic E-state index is 0.0102. The van der Waals surface area contributed by atoms with Crippen LogP contribution >= 0.6 is 11.8 Å². The smallest absolute Gasteiger partial charge is 0.230 e. The summed E-state index contributed by atoms with van der Waals surface area (Å²) in [5, 5.41) is 3.19. The molecule has 120 valence electrons. The molecule has 0 radical (unpaired) electrons. The second-order valence-electron chi connectivity index (χ2n) is 6.05. The molecule has 1 amide bonds. The highest BCUT2D eigenvalue weighted by Gasteiger charge is 2.29. The quantitative estimate of drug-likeness (QED) is 0.912. The fourth-order valence-corrected chi connectivity index (χ4v) is 6.68. The summed E-state index contributed by atoms with van der Waals surface area (Å²) in [7, 11) is -2.86. The number of aryl methyl sites for hydroxylation is 1. The summed E-state index contributed by atoms with van der Waals surface area (Å²) in [4.78, 5) is 12.2. The molecule has 1 N–H and O–H groups in total. The summed E-state index contributed by atoms with van der Waals surface area (Å²) < 4.78 is 22.9. The minimum Gasteiger partial charge on any atom is -0.349 e. The first-order chi connectivity index (χ1) is 10.5. The zero-order valence-electron chi connectivity index (χ0n) is 12.5. The number of nitrogens with one attached hydrogen (secondary N) is 1. The lowest BCUT2D eigenvalue weighted by Gasteiger charge is -2.26. The first-order valence-corrected chi connectivity index (χ1v) is 10.6. The highest BCUT2D eigenvalue weighted by atomic mass is 32.2. The third kappa shape index (κ3) is 3.84. The molecule has 4 nitrogen and oxygen atoms in total. The van der Waals surface area contributed by atoms with Gasteiger partial charge in [0.2, 0.25) is 5.91 Å². The zero-order valence-corrected chi connectivity index (χ0v) is 14.1. The van der Waals surface area contributed by atoms with Crippen molar-refractivity contribution in [2.24, 2.45) is 0 Å². The van der Waals surface area contributed by atoms with Crippen molar-refractivity contribution in [2.45, 2.75) is 37.0 Å². The summed E-state index contributed by atoms with van der Waals surface area (Å²) in [6, 6.07) is 8.38. The second kappa shape index (κ2) is 6.62. The lowest BCUT2D eigenvalue weighted by molar-refractivity contribution is -0.119. The fourth-order valence-electron chi connectivity index (χ4n) is 3.23. The van der Waals surface area contributed by atoms with Crippen LogP contribution < -0.4 is 5.32 Å². The Labute approximate surface area is 136 Å². The van der Waals surface area contributed by atoms with Gasteiger partial charge in [-0.3, -0.25) is 4.79 Å². The maximum atomic E-state index is 12.2. The van der Waals surface area contributed by atoms with Crippen molar-refractivity contribution in [3.8, 4) is 0 Å². The van der Waals surface area contributed by atoms with Crippen molar-refractivity contribution in [3.05, 3.63) is 35.4 Å². The highest BCUT2D eigenvalue weighted by molar-refractivity contribution is 8.02. The van der Waals surface area contributed by atoms with Gasteiger partial charge >= 0.3 is 0 Å². The Bertz CT molecular complexity index is 657. The van der Waals surface area contributed by atoms with Crippen LogP contribution in [0.3, 0.4) is 0 Å². The van der Waals surface area contributed by atoms with E-state index in [1.54, 1.807) is 0 Å². The molecule has 1 fully saturated rings. The van der Waals surface area contributed by atoms with E-state index in [9.17, 15) is 13.2 Å². The van der Waals surface area contributed by atoms with E-state index in [0.29, 0.717) is 12.2 Å². The first-order valence-electron chi connectivity index (χ1n) is 7.73. The molecule has 6 heteroatoms. The molecule has 0 bridgehead atoms. The molecular weight excluding hydrogens is 318 g/mol. The molecule has 2 aliphatic rings. The topological polar surface area (TPSA) is 63.2 Å². The number of hydrogen-bond acceptors (Lipinski definition) is 4. The number of fused-ring (bicyclic) bond motifs is 1. The molecule has 1 aromatic carbocycles. The molecule has 0 spiro atoms. The lowest BCUT2D eigenvalue weighted by atomic mass is 9.88. The van der Waals surface area contributed by atoms with Crippen molar-refractivity contribution < 1.29 is 13.2 Å². The lowest BCUT2D eigenvalue weighted by Crippen LogP contribution is -2.32. The van der Waals surface area contributed by atoms with E-state index in [1.807, 2.05) is 12.1 Å². The number of rotatable bonds is 4. The molecule has 1 aromatic rings. The van der Waals surface area contributed by atoms with Crippen molar-refractivity contribution in [3.63, 3.8) is 0 Å². The Morgan fingerprint density at radius 3 is 2.86 bits per heavy atom. The Balaban J connectivity index is 1.53. The normalized spacial score (nSPS) is 26.4. The Morgan fingerprint density at radius 1 is 1.27 bits per heavy atom. The van der Waals surface area contributed by atoms with Crippen LogP contribution in [0.1, 0.15) is 36.4 Å². The Hall–Kier alpha value is -1.01. The minimum atomic E-state index is -2.86. The predicted molar refractivity (Wildman–Crippen MR) is 89.8 cm³/mol. The van der Waals surface area contributed by atoms with Crippen LogP contribution in [-0.4, -0.2) is 36.8 Å². The molecule has 1 heterocycles. The summed E-state index contributed by atoms with van der Waals surface area (Å²) in [5.41, 5.74) is 2.56. The SMILES string of the molecule is O=C(CS[C@H]1CCS(=O)(=O)C1)N[C@@H]1CCCc2ccccc21. The third-order valence-electron chi connectivity index (χ3n) is 4.35. The van der Waals surface area contributed by atoms with E-state index in [1.165, 1.54) is 22.9 Å². The van der Waals surface area contributed by atoms with Gasteiger partial charge in [0.15, 0.2) is 9.84 Å². The number of amides is 1. The molecule has 1 saturated heterocycles. The van der Waals surface area contributed by atoms with E-state index >= 15 is 0 Å². The Morgan fingerprint density at radius 2 is 2.09 bits per heavy atom. The van der Waals surface area contributed by atoms with Crippen LogP contribution in [0.15, 0.2) is 24.3 Å². The summed E-state index contributed by atoms with van der Waals surface area (Å²) in [6.45, 7) is 0. The number of sulfone groups is 1. The molecule has 1 aliphatic heterocycles. The van der Waals surface area contributed by atoms with Crippen LogP contribution in [0.5, 0.6) is 0 Å². The summed E-state index contributed by atoms with van der Waals surface area (Å²) in [6.07, 6.45) is 3.82. The maximum absolute atomic E-state index is 12.2. The van der Waals surface area contributed by atoms with Crippen molar-refractivity contribution in [1.29, 1.82) is 0 Å². The van der Waals surface area contributed by atoms with Crippen LogP contribution in [-0.2, 0) is 21.1 Å². The molecule has 0 aromatic heterocycles. The van der Waals surface area contributed by atoms with E-state index in [0.717, 1.165) is 19.3 Å². The van der Waals surface area contributed by atoms with Crippen molar-refractivity contribution in [1.82, 2.24) is 5.32 Å². The molecule has 22 heavy (non-hydrogen) atoms. The van der Waals surface area contributed by atoms with Gasteiger partial charge in [-0.15, -0.1) is 11.8 Å². The summed E-state index contributed by atoms with van der Waals surface area (Å²) in [5.74, 6) is 0.842. The largest absolute Gasteiger partial charge is 0.349 e. The standard InChI is InChI=1S/C16H21NO3S2/c18-16(10-21-13-8-9-22(19,20)11-13)17-15-7-3-5-12-4-1-2-6-14(12)15/h1-2,4,6,13,15H,3,5,7-11H2,(H,17,18)/t13-,15+/m0/s1. The van der Waals surface area contributed by atoms with Gasteiger partial charge in [-0.1, -0.05) is 24.3 Å². The van der Waals surface area contributed by atoms with Gasteiger partial charge in [-0.2, -0.15) is 0 Å².